The van der Waals surface area contributed by atoms with Crippen LogP contribution < -0.4 is 4.90 Å². The van der Waals surface area contributed by atoms with E-state index >= 15 is 0 Å². The summed E-state index contributed by atoms with van der Waals surface area (Å²) in [6.45, 7) is 7.29. The van der Waals surface area contributed by atoms with Gasteiger partial charge in [-0.1, -0.05) is 17.4 Å². The first kappa shape index (κ1) is 16.1. The SMILES string of the molecule is Cc1ccc2sc(N3CCN(C(=O)c4cnn(C)c4)CC3)nc2c1C. The summed E-state index contributed by atoms with van der Waals surface area (Å²) >= 11 is 1.73. The highest BCUT2D eigenvalue weighted by atomic mass is 32.1. The summed E-state index contributed by atoms with van der Waals surface area (Å²) in [5, 5.41) is 5.14. The van der Waals surface area contributed by atoms with Crippen LogP contribution in [0.2, 0.25) is 0 Å². The van der Waals surface area contributed by atoms with Gasteiger partial charge >= 0.3 is 0 Å². The van der Waals surface area contributed by atoms with Crippen LogP contribution in [0.3, 0.4) is 0 Å². The van der Waals surface area contributed by atoms with E-state index in [1.165, 1.54) is 15.8 Å². The third kappa shape index (κ3) is 2.89. The second-order valence-electron chi connectivity index (χ2n) is 6.53. The lowest BCUT2D eigenvalue weighted by molar-refractivity contribution is 0.0746. The molecule has 4 rings (SSSR count). The number of aryl methyl sites for hydroxylation is 3. The molecular formula is C18H21N5OS. The molecule has 1 amide bonds. The number of thiazole rings is 1. The number of amides is 1. The molecule has 0 bridgehead atoms. The molecule has 1 aromatic carbocycles. The zero-order chi connectivity index (χ0) is 17.6. The molecular weight excluding hydrogens is 334 g/mol. The Hall–Kier alpha value is -2.41. The molecule has 2 aromatic heterocycles. The molecule has 130 valence electrons. The van der Waals surface area contributed by atoms with Crippen LogP contribution >= 0.6 is 11.3 Å². The Morgan fingerprint density at radius 2 is 1.92 bits per heavy atom. The fourth-order valence-electron chi connectivity index (χ4n) is 3.16. The fourth-order valence-corrected chi connectivity index (χ4v) is 4.24. The van der Waals surface area contributed by atoms with Gasteiger partial charge in [0.15, 0.2) is 5.13 Å². The van der Waals surface area contributed by atoms with Crippen molar-refractivity contribution in [3.8, 4) is 0 Å². The van der Waals surface area contributed by atoms with Gasteiger partial charge in [0.25, 0.3) is 5.91 Å². The molecule has 0 spiro atoms. The second-order valence-corrected chi connectivity index (χ2v) is 7.54. The van der Waals surface area contributed by atoms with E-state index in [1.54, 1.807) is 28.4 Å². The van der Waals surface area contributed by atoms with E-state index < -0.39 is 0 Å². The van der Waals surface area contributed by atoms with Gasteiger partial charge in [-0.15, -0.1) is 0 Å². The van der Waals surface area contributed by atoms with Crippen molar-refractivity contribution in [3.63, 3.8) is 0 Å². The second kappa shape index (κ2) is 6.15. The van der Waals surface area contributed by atoms with Crippen LogP contribution in [0.1, 0.15) is 21.5 Å². The Kier molecular flexibility index (Phi) is 3.95. The standard InChI is InChI=1S/C18H21N5OS/c1-12-4-5-15-16(13(12)2)20-18(25-15)23-8-6-22(7-9-23)17(24)14-10-19-21(3)11-14/h4-5,10-11H,6-9H2,1-3H3. The van der Waals surface area contributed by atoms with Gasteiger partial charge in [-0.05, 0) is 31.0 Å². The van der Waals surface area contributed by atoms with Crippen LogP contribution in [0, 0.1) is 13.8 Å². The molecule has 0 saturated carbocycles. The smallest absolute Gasteiger partial charge is 0.257 e. The number of hydrogen-bond acceptors (Lipinski definition) is 5. The molecule has 0 N–H and O–H groups in total. The number of carbonyl (C=O) groups excluding carboxylic acids is 1. The number of fused-ring (bicyclic) bond motifs is 1. The van der Waals surface area contributed by atoms with Crippen LogP contribution in [0.25, 0.3) is 10.2 Å². The normalized spacial score (nSPS) is 15.2. The van der Waals surface area contributed by atoms with Gasteiger partial charge in [-0.2, -0.15) is 5.10 Å². The van der Waals surface area contributed by atoms with Gasteiger partial charge in [0.2, 0.25) is 0 Å². The van der Waals surface area contributed by atoms with Gasteiger partial charge < -0.3 is 9.80 Å². The van der Waals surface area contributed by atoms with E-state index in [1.807, 2.05) is 11.9 Å². The minimum Gasteiger partial charge on any atom is -0.345 e. The number of nitrogens with zero attached hydrogens (tertiary/aromatic N) is 5. The number of carbonyl (C=O) groups is 1. The number of piperazine rings is 1. The molecule has 3 heterocycles. The Morgan fingerprint density at radius 1 is 1.16 bits per heavy atom. The molecule has 0 unspecified atom stereocenters. The van der Waals surface area contributed by atoms with Gasteiger partial charge in [-0.3, -0.25) is 9.48 Å². The molecule has 0 aliphatic carbocycles. The predicted octanol–water partition coefficient (Wildman–Crippen LogP) is 2.61. The molecule has 0 atom stereocenters. The van der Waals surface area contributed by atoms with Crippen LogP contribution in [0.15, 0.2) is 24.5 Å². The average molecular weight is 355 g/mol. The fraction of sp³-hybridized carbons (Fsp3) is 0.389. The van der Waals surface area contributed by atoms with Crippen molar-refractivity contribution in [3.05, 3.63) is 41.2 Å². The molecule has 1 saturated heterocycles. The molecule has 0 radical (unpaired) electrons. The Labute approximate surface area is 150 Å². The van der Waals surface area contributed by atoms with E-state index in [0.717, 1.165) is 23.7 Å². The third-order valence-electron chi connectivity index (χ3n) is 4.86. The first-order valence-corrected chi connectivity index (χ1v) is 9.24. The molecule has 3 aromatic rings. The highest BCUT2D eigenvalue weighted by molar-refractivity contribution is 7.22. The van der Waals surface area contributed by atoms with Crippen molar-refractivity contribution >= 4 is 32.6 Å². The first-order valence-electron chi connectivity index (χ1n) is 8.42. The van der Waals surface area contributed by atoms with Crippen LogP contribution in [0.4, 0.5) is 5.13 Å². The first-order chi connectivity index (χ1) is 12.0. The molecule has 1 fully saturated rings. The summed E-state index contributed by atoms with van der Waals surface area (Å²) in [6.07, 6.45) is 3.40. The van der Waals surface area contributed by atoms with E-state index in [0.29, 0.717) is 18.7 Å². The van der Waals surface area contributed by atoms with Crippen LogP contribution in [0.5, 0.6) is 0 Å². The quantitative estimate of drug-likeness (QED) is 0.709. The molecule has 6 nitrogen and oxygen atoms in total. The summed E-state index contributed by atoms with van der Waals surface area (Å²) in [4.78, 5) is 21.6. The molecule has 25 heavy (non-hydrogen) atoms. The number of hydrogen-bond donors (Lipinski definition) is 0. The molecule has 7 heteroatoms. The lowest BCUT2D eigenvalue weighted by atomic mass is 10.1. The Bertz CT molecular complexity index is 936. The van der Waals surface area contributed by atoms with Crippen molar-refractivity contribution in [2.45, 2.75) is 13.8 Å². The molecule has 1 aliphatic rings. The van der Waals surface area contributed by atoms with Crippen LogP contribution in [-0.2, 0) is 7.05 Å². The van der Waals surface area contributed by atoms with Crippen molar-refractivity contribution in [1.29, 1.82) is 0 Å². The summed E-state index contributed by atoms with van der Waals surface area (Å²) in [6, 6.07) is 4.31. The van der Waals surface area contributed by atoms with Crippen LogP contribution in [-0.4, -0.2) is 51.8 Å². The zero-order valence-electron chi connectivity index (χ0n) is 14.7. The number of rotatable bonds is 2. The topological polar surface area (TPSA) is 54.3 Å². The van der Waals surface area contributed by atoms with Crippen molar-refractivity contribution in [1.82, 2.24) is 19.7 Å². The average Bonchev–Trinajstić information content (AvgIpc) is 3.24. The summed E-state index contributed by atoms with van der Waals surface area (Å²) in [5.41, 5.74) is 4.29. The highest BCUT2D eigenvalue weighted by Crippen LogP contribution is 2.32. The Morgan fingerprint density at radius 3 is 2.60 bits per heavy atom. The van der Waals surface area contributed by atoms with Gasteiger partial charge in [-0.25, -0.2) is 4.98 Å². The number of anilines is 1. The maximum Gasteiger partial charge on any atom is 0.257 e. The highest BCUT2D eigenvalue weighted by Gasteiger charge is 2.24. The van der Waals surface area contributed by atoms with E-state index in [-0.39, 0.29) is 5.91 Å². The zero-order valence-corrected chi connectivity index (χ0v) is 15.5. The summed E-state index contributed by atoms with van der Waals surface area (Å²) in [7, 11) is 1.82. The monoisotopic (exact) mass is 355 g/mol. The summed E-state index contributed by atoms with van der Waals surface area (Å²) < 4.78 is 2.89. The minimum absolute atomic E-state index is 0.0588. The van der Waals surface area contributed by atoms with Gasteiger partial charge in [0.05, 0.1) is 22.0 Å². The predicted molar refractivity (Wildman–Crippen MR) is 100 cm³/mol. The van der Waals surface area contributed by atoms with E-state index in [4.69, 9.17) is 4.98 Å². The largest absolute Gasteiger partial charge is 0.345 e. The maximum atomic E-state index is 12.5. The van der Waals surface area contributed by atoms with Crippen molar-refractivity contribution in [2.24, 2.45) is 7.05 Å². The maximum absolute atomic E-state index is 12.5. The summed E-state index contributed by atoms with van der Waals surface area (Å²) in [5.74, 6) is 0.0588. The molecule has 1 aliphatic heterocycles. The lowest BCUT2D eigenvalue weighted by Crippen LogP contribution is -2.48. The number of benzene rings is 1. The van der Waals surface area contributed by atoms with Gasteiger partial charge in [0, 0.05) is 39.4 Å². The minimum atomic E-state index is 0.0588. The van der Waals surface area contributed by atoms with E-state index in [9.17, 15) is 4.79 Å². The van der Waals surface area contributed by atoms with Crippen molar-refractivity contribution in [2.75, 3.05) is 31.1 Å². The number of aromatic nitrogens is 3. The Balaban J connectivity index is 1.48. The van der Waals surface area contributed by atoms with Crippen molar-refractivity contribution < 1.29 is 4.79 Å². The lowest BCUT2D eigenvalue weighted by Gasteiger charge is -2.34. The third-order valence-corrected chi connectivity index (χ3v) is 5.94. The van der Waals surface area contributed by atoms with Gasteiger partial charge in [0.1, 0.15) is 0 Å². The van der Waals surface area contributed by atoms with E-state index in [2.05, 4.69) is 36.0 Å².